The van der Waals surface area contributed by atoms with Crippen molar-refractivity contribution in [2.45, 2.75) is 46.5 Å². The first-order valence-electron chi connectivity index (χ1n) is 6.90. The molecule has 0 N–H and O–H groups in total. The highest BCUT2D eigenvalue weighted by molar-refractivity contribution is 5.80. The standard InChI is InChI=1S/C16H24O2/c1-4-6-9-14(5-2)12-18-16-13(3)8-7-10-15(16)11-17/h7-8,10-11,14H,4-6,9,12H2,1-3H3. The predicted octanol–water partition coefficient (Wildman–Crippen LogP) is 4.40. The normalized spacial score (nSPS) is 12.2. The zero-order chi connectivity index (χ0) is 13.4. The van der Waals surface area contributed by atoms with E-state index in [4.69, 9.17) is 4.74 Å². The van der Waals surface area contributed by atoms with Crippen molar-refractivity contribution in [3.8, 4) is 5.75 Å². The van der Waals surface area contributed by atoms with Gasteiger partial charge in [-0.25, -0.2) is 0 Å². The van der Waals surface area contributed by atoms with Gasteiger partial charge in [0.2, 0.25) is 0 Å². The number of benzene rings is 1. The van der Waals surface area contributed by atoms with Gasteiger partial charge in [0, 0.05) is 0 Å². The van der Waals surface area contributed by atoms with Crippen molar-refractivity contribution in [3.05, 3.63) is 29.3 Å². The first-order chi connectivity index (χ1) is 8.72. The van der Waals surface area contributed by atoms with E-state index in [1.807, 2.05) is 25.1 Å². The molecular formula is C16H24O2. The number of carbonyl (C=O) groups excluding carboxylic acids is 1. The number of ether oxygens (including phenoxy) is 1. The molecule has 1 unspecified atom stereocenters. The lowest BCUT2D eigenvalue weighted by Crippen LogP contribution is -2.12. The molecule has 0 saturated heterocycles. The van der Waals surface area contributed by atoms with Gasteiger partial charge in [-0.3, -0.25) is 4.79 Å². The Morgan fingerprint density at radius 2 is 2.11 bits per heavy atom. The first-order valence-corrected chi connectivity index (χ1v) is 6.90. The third-order valence-corrected chi connectivity index (χ3v) is 3.38. The summed E-state index contributed by atoms with van der Waals surface area (Å²) in [6.45, 7) is 7.10. The SMILES string of the molecule is CCCCC(CC)COc1c(C)cccc1C=O. The number of hydrogen-bond acceptors (Lipinski definition) is 2. The molecule has 0 aromatic heterocycles. The molecule has 0 radical (unpaired) electrons. The lowest BCUT2D eigenvalue weighted by atomic mass is 10.0. The molecule has 1 aromatic rings. The Balaban J connectivity index is 2.64. The maximum Gasteiger partial charge on any atom is 0.153 e. The van der Waals surface area contributed by atoms with Gasteiger partial charge in [-0.2, -0.15) is 0 Å². The van der Waals surface area contributed by atoms with Crippen LogP contribution in [0.2, 0.25) is 0 Å². The highest BCUT2D eigenvalue weighted by atomic mass is 16.5. The second-order valence-corrected chi connectivity index (χ2v) is 4.84. The maximum absolute atomic E-state index is 11.0. The minimum absolute atomic E-state index is 0.587. The average Bonchev–Trinajstić information content (AvgIpc) is 2.40. The van der Waals surface area contributed by atoms with Gasteiger partial charge in [-0.1, -0.05) is 45.2 Å². The van der Waals surface area contributed by atoms with E-state index < -0.39 is 0 Å². The summed E-state index contributed by atoms with van der Waals surface area (Å²) in [5.41, 5.74) is 1.69. The predicted molar refractivity (Wildman–Crippen MR) is 75.4 cm³/mol. The van der Waals surface area contributed by atoms with Crippen LogP contribution in [-0.2, 0) is 0 Å². The van der Waals surface area contributed by atoms with Gasteiger partial charge in [-0.05, 0) is 30.9 Å². The topological polar surface area (TPSA) is 26.3 Å². The molecule has 2 nitrogen and oxygen atoms in total. The molecule has 0 fully saturated rings. The number of rotatable bonds is 8. The Morgan fingerprint density at radius 1 is 1.33 bits per heavy atom. The van der Waals surface area contributed by atoms with E-state index in [1.54, 1.807) is 0 Å². The molecule has 0 aliphatic heterocycles. The van der Waals surface area contributed by atoms with Crippen molar-refractivity contribution in [1.82, 2.24) is 0 Å². The van der Waals surface area contributed by atoms with Crippen molar-refractivity contribution in [2.75, 3.05) is 6.61 Å². The minimum atomic E-state index is 0.587. The number of carbonyl (C=O) groups is 1. The van der Waals surface area contributed by atoms with E-state index in [1.165, 1.54) is 19.3 Å². The lowest BCUT2D eigenvalue weighted by Gasteiger charge is -2.17. The Kier molecular flexibility index (Phi) is 6.48. The van der Waals surface area contributed by atoms with E-state index in [0.717, 1.165) is 24.0 Å². The quantitative estimate of drug-likeness (QED) is 0.637. The maximum atomic E-state index is 11.0. The Labute approximate surface area is 110 Å². The molecular weight excluding hydrogens is 224 g/mol. The average molecular weight is 248 g/mol. The van der Waals surface area contributed by atoms with Crippen molar-refractivity contribution in [1.29, 1.82) is 0 Å². The molecule has 1 atom stereocenters. The van der Waals surface area contributed by atoms with Crippen LogP contribution >= 0.6 is 0 Å². The van der Waals surface area contributed by atoms with Crippen molar-refractivity contribution >= 4 is 6.29 Å². The van der Waals surface area contributed by atoms with Crippen LogP contribution in [-0.4, -0.2) is 12.9 Å². The molecule has 18 heavy (non-hydrogen) atoms. The van der Waals surface area contributed by atoms with E-state index in [2.05, 4.69) is 13.8 Å². The van der Waals surface area contributed by atoms with Gasteiger partial charge in [0.25, 0.3) is 0 Å². The monoisotopic (exact) mass is 248 g/mol. The summed E-state index contributed by atoms with van der Waals surface area (Å²) in [6, 6.07) is 5.68. The third-order valence-electron chi connectivity index (χ3n) is 3.38. The van der Waals surface area contributed by atoms with Gasteiger partial charge >= 0.3 is 0 Å². The largest absolute Gasteiger partial charge is 0.492 e. The van der Waals surface area contributed by atoms with Crippen LogP contribution in [0.25, 0.3) is 0 Å². The van der Waals surface area contributed by atoms with Crippen LogP contribution in [0.4, 0.5) is 0 Å². The zero-order valence-electron chi connectivity index (χ0n) is 11.7. The minimum Gasteiger partial charge on any atom is -0.492 e. The number of hydrogen-bond donors (Lipinski definition) is 0. The zero-order valence-corrected chi connectivity index (χ0v) is 11.7. The summed E-state index contributed by atoms with van der Waals surface area (Å²) in [5.74, 6) is 1.34. The fourth-order valence-electron chi connectivity index (χ4n) is 2.06. The molecule has 100 valence electrons. The van der Waals surface area contributed by atoms with Crippen LogP contribution < -0.4 is 4.74 Å². The van der Waals surface area contributed by atoms with E-state index in [9.17, 15) is 4.79 Å². The highest BCUT2D eigenvalue weighted by Gasteiger charge is 2.10. The van der Waals surface area contributed by atoms with E-state index >= 15 is 0 Å². The number of aryl methyl sites for hydroxylation is 1. The van der Waals surface area contributed by atoms with Crippen molar-refractivity contribution in [3.63, 3.8) is 0 Å². The second-order valence-electron chi connectivity index (χ2n) is 4.84. The lowest BCUT2D eigenvalue weighted by molar-refractivity contribution is 0.111. The number of aldehydes is 1. The summed E-state index contributed by atoms with van der Waals surface area (Å²) in [7, 11) is 0. The van der Waals surface area contributed by atoms with Crippen LogP contribution in [0.5, 0.6) is 5.75 Å². The van der Waals surface area contributed by atoms with Gasteiger partial charge in [0.1, 0.15) is 5.75 Å². The summed E-state index contributed by atoms with van der Waals surface area (Å²) < 4.78 is 5.88. The molecule has 0 aliphatic carbocycles. The Hall–Kier alpha value is -1.31. The molecule has 0 aliphatic rings. The molecule has 0 saturated carbocycles. The fourth-order valence-corrected chi connectivity index (χ4v) is 2.06. The molecule has 1 aromatic carbocycles. The van der Waals surface area contributed by atoms with Crippen LogP contribution in [0, 0.1) is 12.8 Å². The fraction of sp³-hybridized carbons (Fsp3) is 0.562. The molecule has 0 spiro atoms. The first kappa shape index (κ1) is 14.7. The number of para-hydroxylation sites is 1. The summed E-state index contributed by atoms with van der Waals surface area (Å²) in [6.07, 6.45) is 5.67. The van der Waals surface area contributed by atoms with Gasteiger partial charge < -0.3 is 4.74 Å². The highest BCUT2D eigenvalue weighted by Crippen LogP contribution is 2.23. The van der Waals surface area contributed by atoms with Crippen molar-refractivity contribution < 1.29 is 9.53 Å². The van der Waals surface area contributed by atoms with Gasteiger partial charge in [-0.15, -0.1) is 0 Å². The van der Waals surface area contributed by atoms with Crippen LogP contribution in [0.1, 0.15) is 55.5 Å². The Morgan fingerprint density at radius 3 is 2.72 bits per heavy atom. The summed E-state index contributed by atoms with van der Waals surface area (Å²) >= 11 is 0. The second kappa shape index (κ2) is 7.91. The van der Waals surface area contributed by atoms with Gasteiger partial charge in [0.15, 0.2) is 6.29 Å². The summed E-state index contributed by atoms with van der Waals surface area (Å²) in [5, 5.41) is 0. The van der Waals surface area contributed by atoms with Gasteiger partial charge in [0.05, 0.1) is 12.2 Å². The molecule has 0 heterocycles. The molecule has 2 heteroatoms. The van der Waals surface area contributed by atoms with E-state index in [0.29, 0.717) is 18.1 Å². The molecule has 0 bridgehead atoms. The van der Waals surface area contributed by atoms with Crippen LogP contribution in [0.15, 0.2) is 18.2 Å². The van der Waals surface area contributed by atoms with Crippen molar-refractivity contribution in [2.24, 2.45) is 5.92 Å². The van der Waals surface area contributed by atoms with Crippen LogP contribution in [0.3, 0.4) is 0 Å². The third kappa shape index (κ3) is 4.17. The number of unbranched alkanes of at least 4 members (excludes halogenated alkanes) is 1. The molecule has 0 amide bonds. The Bertz CT molecular complexity index is 371. The summed E-state index contributed by atoms with van der Waals surface area (Å²) in [4.78, 5) is 11.0. The van der Waals surface area contributed by atoms with E-state index in [-0.39, 0.29) is 0 Å². The molecule has 1 rings (SSSR count). The smallest absolute Gasteiger partial charge is 0.153 e.